The molecule has 9 nitrogen and oxygen atoms in total. The molecule has 0 aliphatic rings. The van der Waals surface area contributed by atoms with Crippen LogP contribution in [0.2, 0.25) is 5.02 Å². The van der Waals surface area contributed by atoms with Gasteiger partial charge in [-0.15, -0.1) is 0 Å². The van der Waals surface area contributed by atoms with E-state index in [9.17, 15) is 19.6 Å². The maximum Gasteiger partial charge on any atom is 0.338 e. The number of halogens is 1. The lowest BCUT2D eigenvalue weighted by Crippen LogP contribution is -2.20. The Balaban J connectivity index is 1.74. The molecule has 0 unspecified atom stereocenters. The Morgan fingerprint density at radius 1 is 1.13 bits per heavy atom. The first-order chi connectivity index (χ1) is 18.7. The van der Waals surface area contributed by atoms with Gasteiger partial charge in [-0.3, -0.25) is 14.0 Å². The molecule has 0 fully saturated rings. The predicted octanol–water partition coefficient (Wildman–Crippen LogP) is 5.48. The van der Waals surface area contributed by atoms with E-state index in [4.69, 9.17) is 21.1 Å². The number of nitrogens with one attached hydrogen (secondary N) is 1. The Bertz CT molecular complexity index is 1720. The van der Waals surface area contributed by atoms with Crippen LogP contribution >= 0.6 is 11.6 Å². The molecule has 10 heteroatoms. The fourth-order valence-electron chi connectivity index (χ4n) is 3.68. The molecule has 2 aromatic carbocycles. The number of rotatable bonds is 7. The van der Waals surface area contributed by atoms with Crippen molar-refractivity contribution >= 4 is 40.9 Å². The Morgan fingerprint density at radius 2 is 1.87 bits per heavy atom. The van der Waals surface area contributed by atoms with Crippen LogP contribution in [0.5, 0.6) is 11.6 Å². The van der Waals surface area contributed by atoms with Crippen molar-refractivity contribution in [1.82, 2.24) is 9.38 Å². The highest BCUT2D eigenvalue weighted by atomic mass is 35.5. The lowest BCUT2D eigenvalue weighted by Gasteiger charge is -2.12. The number of esters is 1. The van der Waals surface area contributed by atoms with Crippen molar-refractivity contribution in [3.63, 3.8) is 0 Å². The quantitative estimate of drug-likeness (QED) is 0.186. The second kappa shape index (κ2) is 11.6. The van der Waals surface area contributed by atoms with E-state index in [-0.39, 0.29) is 23.6 Å². The molecule has 1 amide bonds. The smallest absolute Gasteiger partial charge is 0.338 e. The third-order valence-corrected chi connectivity index (χ3v) is 6.12. The van der Waals surface area contributed by atoms with E-state index in [2.05, 4.69) is 10.3 Å². The van der Waals surface area contributed by atoms with Gasteiger partial charge in [-0.25, -0.2) is 4.79 Å². The number of anilines is 1. The number of hydrogen-bond donors (Lipinski definition) is 1. The number of carbonyl (C=O) groups is 2. The fourth-order valence-corrected chi connectivity index (χ4v) is 3.80. The highest BCUT2D eigenvalue weighted by Crippen LogP contribution is 2.28. The zero-order chi connectivity index (χ0) is 28.1. The lowest BCUT2D eigenvalue weighted by molar-refractivity contribution is -0.112. The van der Waals surface area contributed by atoms with E-state index in [1.165, 1.54) is 28.7 Å². The molecule has 2 heterocycles. The van der Waals surface area contributed by atoms with Gasteiger partial charge in [-0.05, 0) is 86.5 Å². The van der Waals surface area contributed by atoms with Gasteiger partial charge in [0.1, 0.15) is 28.6 Å². The van der Waals surface area contributed by atoms with E-state index >= 15 is 0 Å². The zero-order valence-electron chi connectivity index (χ0n) is 21.3. The highest BCUT2D eigenvalue weighted by Gasteiger charge is 2.19. The van der Waals surface area contributed by atoms with Crippen molar-refractivity contribution in [2.75, 3.05) is 11.9 Å². The summed E-state index contributed by atoms with van der Waals surface area (Å²) < 4.78 is 12.2. The topological polar surface area (TPSA) is 123 Å². The summed E-state index contributed by atoms with van der Waals surface area (Å²) in [6.07, 6.45) is 2.69. The normalized spacial score (nSPS) is 11.1. The number of ether oxygens (including phenoxy) is 2. The van der Waals surface area contributed by atoms with Crippen LogP contribution in [-0.4, -0.2) is 27.9 Å². The molecular weight excluding hydrogens is 520 g/mol. The summed E-state index contributed by atoms with van der Waals surface area (Å²) in [7, 11) is 0. The van der Waals surface area contributed by atoms with Gasteiger partial charge in [-0.1, -0.05) is 17.7 Å². The summed E-state index contributed by atoms with van der Waals surface area (Å²) in [5.74, 6) is -0.948. The number of nitriles is 1. The van der Waals surface area contributed by atoms with Crippen molar-refractivity contribution in [1.29, 1.82) is 5.26 Å². The summed E-state index contributed by atoms with van der Waals surface area (Å²) in [6, 6.07) is 16.3. The first kappa shape index (κ1) is 27.1. The number of hydrogen-bond acceptors (Lipinski definition) is 7. The third kappa shape index (κ3) is 5.98. The Morgan fingerprint density at radius 3 is 2.54 bits per heavy atom. The molecule has 39 heavy (non-hydrogen) atoms. The molecule has 0 saturated heterocycles. The van der Waals surface area contributed by atoms with Crippen LogP contribution in [0, 0.1) is 25.2 Å². The molecule has 196 valence electrons. The molecular formula is C29H23ClN4O5. The van der Waals surface area contributed by atoms with Crippen LogP contribution in [-0.2, 0) is 9.53 Å². The molecule has 0 radical (unpaired) electrons. The second-order valence-corrected chi connectivity index (χ2v) is 8.86. The minimum Gasteiger partial charge on any atom is -0.462 e. The number of amides is 1. The molecule has 0 bridgehead atoms. The molecule has 2 aromatic heterocycles. The van der Waals surface area contributed by atoms with Crippen molar-refractivity contribution < 1.29 is 19.1 Å². The maximum absolute atomic E-state index is 13.5. The summed E-state index contributed by atoms with van der Waals surface area (Å²) in [5.41, 5.74) is 1.54. The van der Waals surface area contributed by atoms with E-state index < -0.39 is 17.4 Å². The average molecular weight is 543 g/mol. The summed E-state index contributed by atoms with van der Waals surface area (Å²) in [6.45, 7) is 5.54. The highest BCUT2D eigenvalue weighted by molar-refractivity contribution is 6.31. The number of aromatic nitrogens is 2. The molecule has 4 rings (SSSR count). The Kier molecular flexibility index (Phi) is 8.08. The predicted molar refractivity (Wildman–Crippen MR) is 147 cm³/mol. The minimum atomic E-state index is -0.761. The van der Waals surface area contributed by atoms with E-state index in [0.717, 1.165) is 17.2 Å². The van der Waals surface area contributed by atoms with Gasteiger partial charge in [0.05, 0.1) is 12.2 Å². The zero-order valence-corrected chi connectivity index (χ0v) is 22.1. The second-order valence-electron chi connectivity index (χ2n) is 8.46. The number of fused-ring (bicyclic) bond motifs is 1. The Labute approximate surface area is 228 Å². The van der Waals surface area contributed by atoms with Crippen LogP contribution in [0.15, 0.2) is 71.2 Å². The number of nitrogens with zero attached hydrogens (tertiary/aromatic N) is 3. The minimum absolute atomic E-state index is 0.0737. The monoisotopic (exact) mass is 542 g/mol. The molecule has 0 spiro atoms. The first-order valence-electron chi connectivity index (χ1n) is 11.9. The van der Waals surface area contributed by atoms with Gasteiger partial charge in [-0.2, -0.15) is 10.2 Å². The van der Waals surface area contributed by atoms with Crippen LogP contribution in [0.1, 0.15) is 34.0 Å². The van der Waals surface area contributed by atoms with Crippen LogP contribution in [0.3, 0.4) is 0 Å². The van der Waals surface area contributed by atoms with Gasteiger partial charge in [0, 0.05) is 16.9 Å². The number of aryl methyl sites for hydroxylation is 2. The summed E-state index contributed by atoms with van der Waals surface area (Å²) in [5, 5.41) is 12.9. The molecule has 0 aliphatic heterocycles. The summed E-state index contributed by atoms with van der Waals surface area (Å²) >= 11 is 6.13. The van der Waals surface area contributed by atoms with Crippen molar-refractivity contribution in [2.24, 2.45) is 0 Å². The van der Waals surface area contributed by atoms with Crippen molar-refractivity contribution in [3.8, 4) is 17.7 Å². The van der Waals surface area contributed by atoms with Gasteiger partial charge in [0.2, 0.25) is 5.88 Å². The maximum atomic E-state index is 13.5. The van der Waals surface area contributed by atoms with Crippen LogP contribution < -0.4 is 15.6 Å². The van der Waals surface area contributed by atoms with Gasteiger partial charge in [0.25, 0.3) is 11.5 Å². The first-order valence-corrected chi connectivity index (χ1v) is 12.3. The number of carbonyl (C=O) groups excluding carboxylic acids is 2. The standard InChI is InChI=1S/C29H23ClN4O5/c1-4-38-29(37)19-7-9-21(10-8-19)32-26(35)20(16-31)15-23-27(39-22-11-12-24(30)18(3)14-22)33-25-17(2)6-5-13-34(25)28(23)36/h5-15H,4H2,1-3H3,(H,32,35)/b20-15-. The van der Waals surface area contributed by atoms with E-state index in [1.54, 1.807) is 57.3 Å². The fraction of sp³-hybridized carbons (Fsp3) is 0.138. The van der Waals surface area contributed by atoms with Crippen LogP contribution in [0.25, 0.3) is 11.7 Å². The van der Waals surface area contributed by atoms with Crippen molar-refractivity contribution in [2.45, 2.75) is 20.8 Å². The molecule has 0 saturated carbocycles. The third-order valence-electron chi connectivity index (χ3n) is 5.70. The summed E-state index contributed by atoms with van der Waals surface area (Å²) in [4.78, 5) is 42.9. The van der Waals surface area contributed by atoms with Crippen LogP contribution in [0.4, 0.5) is 5.69 Å². The molecule has 0 aliphatic carbocycles. The molecule has 4 aromatic rings. The molecule has 1 N–H and O–H groups in total. The average Bonchev–Trinajstić information content (AvgIpc) is 2.92. The van der Waals surface area contributed by atoms with Gasteiger partial charge >= 0.3 is 5.97 Å². The number of benzene rings is 2. The van der Waals surface area contributed by atoms with Gasteiger partial charge < -0.3 is 14.8 Å². The number of pyridine rings is 1. The van der Waals surface area contributed by atoms with Gasteiger partial charge in [0.15, 0.2) is 0 Å². The van der Waals surface area contributed by atoms with E-state index in [0.29, 0.717) is 27.7 Å². The Hall–Kier alpha value is -4.94. The van der Waals surface area contributed by atoms with E-state index in [1.807, 2.05) is 6.07 Å². The lowest BCUT2D eigenvalue weighted by atomic mass is 10.1. The SMILES string of the molecule is CCOC(=O)c1ccc(NC(=O)/C(C#N)=C\c2c(Oc3ccc(Cl)c(C)c3)nc3c(C)cccn3c2=O)cc1. The largest absolute Gasteiger partial charge is 0.462 e. The molecule has 0 atom stereocenters. The van der Waals surface area contributed by atoms with Crippen molar-refractivity contribution in [3.05, 3.63) is 104 Å².